The molecule has 1 unspecified atom stereocenters. The molecule has 8 nitrogen and oxygen atoms in total. The topological polar surface area (TPSA) is 94.5 Å². The Balaban J connectivity index is 1.64. The van der Waals surface area contributed by atoms with Gasteiger partial charge in [-0.25, -0.2) is 0 Å². The molecule has 0 radical (unpaired) electrons. The zero-order chi connectivity index (χ0) is 25.4. The number of Topliss-reactive ketones (excluding diaryl/α,β-unsaturated/α-hetero) is 1. The first kappa shape index (κ1) is 23.3. The molecule has 0 bridgehead atoms. The minimum Gasteiger partial charge on any atom is -0.507 e. The molecule has 1 saturated heterocycles. The molecule has 36 heavy (non-hydrogen) atoms. The lowest BCUT2D eigenvalue weighted by Gasteiger charge is -2.26. The smallest absolute Gasteiger partial charge is 0.300 e. The van der Waals surface area contributed by atoms with Crippen molar-refractivity contribution < 1.29 is 33.6 Å². The van der Waals surface area contributed by atoms with Gasteiger partial charge in [0.2, 0.25) is 6.79 Å². The Morgan fingerprint density at radius 3 is 2.28 bits per heavy atom. The van der Waals surface area contributed by atoms with Gasteiger partial charge in [-0.1, -0.05) is 12.1 Å². The first-order chi connectivity index (χ1) is 17.4. The molecule has 1 N–H and O–H groups in total. The highest BCUT2D eigenvalue weighted by Gasteiger charge is 2.47. The number of aliphatic hydroxyl groups is 1. The molecular formula is C28H25NO7. The summed E-state index contributed by atoms with van der Waals surface area (Å²) >= 11 is 0. The third-order valence-electron chi connectivity index (χ3n) is 6.01. The molecule has 2 heterocycles. The van der Waals surface area contributed by atoms with E-state index in [2.05, 4.69) is 0 Å². The third kappa shape index (κ3) is 4.11. The van der Waals surface area contributed by atoms with Crippen LogP contribution in [0.25, 0.3) is 5.76 Å². The summed E-state index contributed by atoms with van der Waals surface area (Å²) < 4.78 is 21.8. The van der Waals surface area contributed by atoms with Crippen LogP contribution in [0.15, 0.2) is 72.3 Å². The van der Waals surface area contributed by atoms with Crippen molar-refractivity contribution >= 4 is 23.1 Å². The van der Waals surface area contributed by atoms with Crippen LogP contribution in [0.2, 0.25) is 0 Å². The Kier molecular flexibility index (Phi) is 6.01. The summed E-state index contributed by atoms with van der Waals surface area (Å²) in [5.74, 6) is 0.449. The maximum absolute atomic E-state index is 13.3. The van der Waals surface area contributed by atoms with E-state index in [4.69, 9.17) is 18.9 Å². The number of hydrogen-bond donors (Lipinski definition) is 1. The number of methoxy groups -OCH3 is 1. The van der Waals surface area contributed by atoms with Crippen LogP contribution < -0.4 is 23.8 Å². The number of rotatable bonds is 6. The van der Waals surface area contributed by atoms with E-state index >= 15 is 0 Å². The SMILES string of the molecule is COc1ccc(N2C(=O)C(=O)/C(=C(\O)c3ccc4c(c3)OCO4)C2c2ccc(OC(C)C)cc2)cc1. The number of benzene rings is 3. The molecule has 1 fully saturated rings. The van der Waals surface area contributed by atoms with Crippen molar-refractivity contribution in [3.8, 4) is 23.0 Å². The second-order valence-electron chi connectivity index (χ2n) is 8.67. The maximum Gasteiger partial charge on any atom is 0.300 e. The normalized spacial score (nSPS) is 18.1. The molecule has 5 rings (SSSR count). The Hall–Kier alpha value is -4.46. The van der Waals surface area contributed by atoms with Gasteiger partial charge in [0.05, 0.1) is 24.8 Å². The summed E-state index contributed by atoms with van der Waals surface area (Å²) in [6.07, 6.45) is -0.00760. The Labute approximate surface area is 208 Å². The van der Waals surface area contributed by atoms with Gasteiger partial charge in [0, 0.05) is 11.3 Å². The molecule has 8 heteroatoms. The Bertz CT molecular complexity index is 1340. The van der Waals surface area contributed by atoms with Crippen molar-refractivity contribution in [1.29, 1.82) is 0 Å². The second kappa shape index (κ2) is 9.30. The predicted molar refractivity (Wildman–Crippen MR) is 133 cm³/mol. The van der Waals surface area contributed by atoms with Gasteiger partial charge in [-0.3, -0.25) is 14.5 Å². The summed E-state index contributed by atoms with van der Waals surface area (Å²) in [5.41, 5.74) is 1.46. The van der Waals surface area contributed by atoms with E-state index in [0.717, 1.165) is 0 Å². The molecule has 1 amide bonds. The Morgan fingerprint density at radius 1 is 0.944 bits per heavy atom. The fourth-order valence-corrected chi connectivity index (χ4v) is 4.36. The van der Waals surface area contributed by atoms with Crippen LogP contribution in [0, 0.1) is 0 Å². The van der Waals surface area contributed by atoms with Crippen molar-refractivity contribution in [2.75, 3.05) is 18.8 Å². The zero-order valence-electron chi connectivity index (χ0n) is 20.1. The van der Waals surface area contributed by atoms with E-state index in [0.29, 0.717) is 39.8 Å². The number of nitrogens with zero attached hydrogens (tertiary/aromatic N) is 1. The van der Waals surface area contributed by atoms with Crippen LogP contribution in [-0.2, 0) is 9.59 Å². The predicted octanol–water partition coefficient (Wildman–Crippen LogP) is 4.84. The lowest BCUT2D eigenvalue weighted by Crippen LogP contribution is -2.29. The van der Waals surface area contributed by atoms with Crippen molar-refractivity contribution in [2.45, 2.75) is 26.0 Å². The van der Waals surface area contributed by atoms with E-state index < -0.39 is 17.7 Å². The maximum atomic E-state index is 13.3. The molecule has 0 saturated carbocycles. The third-order valence-corrected chi connectivity index (χ3v) is 6.01. The van der Waals surface area contributed by atoms with Gasteiger partial charge in [-0.2, -0.15) is 0 Å². The highest BCUT2D eigenvalue weighted by Crippen LogP contribution is 2.44. The fourth-order valence-electron chi connectivity index (χ4n) is 4.36. The number of ether oxygens (including phenoxy) is 4. The standard InChI is InChI=1S/C28H25NO7/c1-16(2)36-21-9-4-17(5-10-21)25-24(26(30)18-6-13-22-23(14-18)35-15-34-22)27(31)28(32)29(25)19-7-11-20(33-3)12-8-19/h4-14,16,25,30H,15H2,1-3H3/b26-24-. The quantitative estimate of drug-likeness (QED) is 0.302. The van der Waals surface area contributed by atoms with Gasteiger partial charge >= 0.3 is 0 Å². The molecule has 0 spiro atoms. The summed E-state index contributed by atoms with van der Waals surface area (Å²) in [4.78, 5) is 28.1. The molecular weight excluding hydrogens is 462 g/mol. The summed E-state index contributed by atoms with van der Waals surface area (Å²) in [5, 5.41) is 11.3. The van der Waals surface area contributed by atoms with Crippen LogP contribution in [0.5, 0.6) is 23.0 Å². The molecule has 184 valence electrons. The summed E-state index contributed by atoms with van der Waals surface area (Å²) in [6, 6.07) is 18.0. The number of hydrogen-bond acceptors (Lipinski definition) is 7. The number of carbonyl (C=O) groups excluding carboxylic acids is 2. The number of amides is 1. The summed E-state index contributed by atoms with van der Waals surface area (Å²) in [6.45, 7) is 3.93. The van der Waals surface area contributed by atoms with Gasteiger partial charge in [0.25, 0.3) is 11.7 Å². The number of fused-ring (bicyclic) bond motifs is 1. The zero-order valence-corrected chi connectivity index (χ0v) is 20.1. The van der Waals surface area contributed by atoms with E-state index in [1.807, 2.05) is 13.8 Å². The van der Waals surface area contributed by atoms with Crippen molar-refractivity contribution in [3.63, 3.8) is 0 Å². The molecule has 1 atom stereocenters. The van der Waals surface area contributed by atoms with Crippen LogP contribution in [0.4, 0.5) is 5.69 Å². The van der Waals surface area contributed by atoms with Crippen molar-refractivity contribution in [2.24, 2.45) is 0 Å². The van der Waals surface area contributed by atoms with Gasteiger partial charge in [0.15, 0.2) is 11.5 Å². The lowest BCUT2D eigenvalue weighted by atomic mass is 9.95. The van der Waals surface area contributed by atoms with Gasteiger partial charge in [-0.15, -0.1) is 0 Å². The molecule has 0 aliphatic carbocycles. The average Bonchev–Trinajstić information content (AvgIpc) is 3.46. The number of carbonyl (C=O) groups is 2. The van der Waals surface area contributed by atoms with Gasteiger partial charge in [-0.05, 0) is 74.0 Å². The minimum absolute atomic E-state index is 0.00760. The number of aliphatic hydroxyl groups excluding tert-OH is 1. The van der Waals surface area contributed by atoms with E-state index in [1.165, 1.54) is 4.90 Å². The summed E-state index contributed by atoms with van der Waals surface area (Å²) in [7, 11) is 1.55. The lowest BCUT2D eigenvalue weighted by molar-refractivity contribution is -0.132. The highest BCUT2D eigenvalue weighted by atomic mass is 16.7. The van der Waals surface area contributed by atoms with Crippen LogP contribution >= 0.6 is 0 Å². The van der Waals surface area contributed by atoms with Crippen LogP contribution in [0.3, 0.4) is 0 Å². The first-order valence-electron chi connectivity index (χ1n) is 11.5. The minimum atomic E-state index is -0.864. The molecule has 2 aliphatic heterocycles. The second-order valence-corrected chi connectivity index (χ2v) is 8.67. The first-order valence-corrected chi connectivity index (χ1v) is 11.5. The highest BCUT2D eigenvalue weighted by molar-refractivity contribution is 6.51. The Morgan fingerprint density at radius 2 is 1.61 bits per heavy atom. The van der Waals surface area contributed by atoms with Gasteiger partial charge < -0.3 is 24.1 Å². The number of ketones is 1. The van der Waals surface area contributed by atoms with Crippen LogP contribution in [0.1, 0.15) is 31.0 Å². The monoisotopic (exact) mass is 487 g/mol. The van der Waals surface area contributed by atoms with E-state index in [9.17, 15) is 14.7 Å². The van der Waals surface area contributed by atoms with Crippen LogP contribution in [-0.4, -0.2) is 36.8 Å². The molecule has 3 aromatic carbocycles. The molecule has 3 aromatic rings. The van der Waals surface area contributed by atoms with E-state index in [1.54, 1.807) is 73.8 Å². The van der Waals surface area contributed by atoms with E-state index in [-0.39, 0.29) is 24.2 Å². The average molecular weight is 488 g/mol. The molecule has 0 aromatic heterocycles. The fraction of sp³-hybridized carbons (Fsp3) is 0.214. The van der Waals surface area contributed by atoms with Crippen molar-refractivity contribution in [3.05, 3.63) is 83.4 Å². The largest absolute Gasteiger partial charge is 0.507 e. The van der Waals surface area contributed by atoms with Crippen molar-refractivity contribution in [1.82, 2.24) is 0 Å². The molecule has 2 aliphatic rings. The number of anilines is 1. The van der Waals surface area contributed by atoms with Gasteiger partial charge in [0.1, 0.15) is 17.3 Å².